The Bertz CT molecular complexity index is 381. The smallest absolute Gasteiger partial charge is 0.220 e. The second-order valence-electron chi connectivity index (χ2n) is 8.61. The molecule has 3 heteroatoms. The number of hydrogen-bond acceptors (Lipinski definition) is 2. The molecule has 0 aromatic carbocycles. The van der Waals surface area contributed by atoms with Gasteiger partial charge in [-0.15, -0.1) is 0 Å². The van der Waals surface area contributed by atoms with Crippen LogP contribution in [0.1, 0.15) is 136 Å². The van der Waals surface area contributed by atoms with E-state index in [4.69, 9.17) is 0 Å². The van der Waals surface area contributed by atoms with Gasteiger partial charge in [-0.05, 0) is 19.3 Å². The maximum absolute atomic E-state index is 12.1. The van der Waals surface area contributed by atoms with Gasteiger partial charge in [0.15, 0.2) is 0 Å². The number of hydrogen-bond donors (Lipinski definition) is 2. The van der Waals surface area contributed by atoms with Gasteiger partial charge in [0.1, 0.15) is 0 Å². The highest BCUT2D eigenvalue weighted by Gasteiger charge is 2.16. The second kappa shape index (κ2) is 21.9. The molecule has 0 aromatic heterocycles. The second-order valence-corrected chi connectivity index (χ2v) is 8.61. The van der Waals surface area contributed by atoms with Crippen molar-refractivity contribution in [1.82, 2.24) is 5.32 Å². The predicted octanol–water partition coefficient (Wildman–Crippen LogP) is 7.47. The van der Waals surface area contributed by atoms with E-state index in [1.54, 1.807) is 6.08 Å². The first-order valence-electron chi connectivity index (χ1n) is 12.8. The zero-order valence-corrected chi connectivity index (χ0v) is 19.9. The maximum Gasteiger partial charge on any atom is 0.220 e. The number of allylic oxidation sites excluding steroid dienone is 1. The third-order valence-electron chi connectivity index (χ3n) is 5.77. The minimum absolute atomic E-state index is 0.0792. The lowest BCUT2D eigenvalue weighted by Gasteiger charge is -2.20. The molecule has 0 saturated heterocycles. The first-order valence-corrected chi connectivity index (χ1v) is 12.8. The summed E-state index contributed by atoms with van der Waals surface area (Å²) in [4.78, 5) is 12.1. The molecule has 172 valence electrons. The molecule has 0 fully saturated rings. The van der Waals surface area contributed by atoms with Crippen LogP contribution in [0.5, 0.6) is 0 Å². The molecule has 0 aliphatic heterocycles. The molecule has 3 nitrogen and oxygen atoms in total. The van der Waals surface area contributed by atoms with Gasteiger partial charge in [0.05, 0.1) is 12.1 Å². The summed E-state index contributed by atoms with van der Waals surface area (Å²) >= 11 is 0. The number of carbonyl (C=O) groups excluding carboxylic acids is 1. The number of unbranched alkanes of at least 4 members (excludes halogenated alkanes) is 14. The predicted molar refractivity (Wildman–Crippen MR) is 127 cm³/mol. The van der Waals surface area contributed by atoms with E-state index in [-0.39, 0.29) is 11.9 Å². The van der Waals surface area contributed by atoms with Crippen LogP contribution in [0.4, 0.5) is 0 Å². The minimum Gasteiger partial charge on any atom is -0.387 e. The molecule has 0 heterocycles. The Morgan fingerprint density at radius 1 is 0.759 bits per heavy atom. The number of carbonyl (C=O) groups is 1. The van der Waals surface area contributed by atoms with Crippen LogP contribution in [0.3, 0.4) is 0 Å². The first kappa shape index (κ1) is 28.2. The molecule has 0 radical (unpaired) electrons. The van der Waals surface area contributed by atoms with Crippen molar-refractivity contribution < 1.29 is 9.90 Å². The van der Waals surface area contributed by atoms with Crippen LogP contribution in [0, 0.1) is 0 Å². The fourth-order valence-corrected chi connectivity index (χ4v) is 3.77. The number of amides is 1. The van der Waals surface area contributed by atoms with Crippen molar-refractivity contribution in [2.45, 2.75) is 148 Å². The van der Waals surface area contributed by atoms with Gasteiger partial charge >= 0.3 is 0 Å². The van der Waals surface area contributed by atoms with Gasteiger partial charge in [-0.1, -0.05) is 123 Å². The monoisotopic (exact) mass is 409 g/mol. The molecule has 2 N–H and O–H groups in total. The highest BCUT2D eigenvalue weighted by Crippen LogP contribution is 2.13. The van der Waals surface area contributed by atoms with E-state index >= 15 is 0 Å². The molecular weight excluding hydrogens is 358 g/mol. The Labute approximate surface area is 182 Å². The molecule has 2 atom stereocenters. The van der Waals surface area contributed by atoms with Crippen LogP contribution in [-0.2, 0) is 4.79 Å². The van der Waals surface area contributed by atoms with Gasteiger partial charge < -0.3 is 10.4 Å². The Morgan fingerprint density at radius 3 is 1.62 bits per heavy atom. The molecule has 0 saturated carbocycles. The lowest BCUT2D eigenvalue weighted by Crippen LogP contribution is -2.42. The number of aliphatic hydroxyl groups excluding tert-OH is 1. The number of nitrogens with one attached hydrogen (secondary N) is 1. The Kier molecular flexibility index (Phi) is 21.2. The van der Waals surface area contributed by atoms with E-state index < -0.39 is 6.10 Å². The fourth-order valence-electron chi connectivity index (χ4n) is 3.77. The summed E-state index contributed by atoms with van der Waals surface area (Å²) in [5, 5.41) is 13.1. The number of aliphatic hydroxyl groups is 1. The molecule has 1 amide bonds. The Morgan fingerprint density at radius 2 is 1.21 bits per heavy atom. The van der Waals surface area contributed by atoms with Crippen molar-refractivity contribution in [2.24, 2.45) is 0 Å². The average Bonchev–Trinajstić information content (AvgIpc) is 2.72. The van der Waals surface area contributed by atoms with Crippen LogP contribution in [0.25, 0.3) is 0 Å². The summed E-state index contributed by atoms with van der Waals surface area (Å²) in [6.07, 6.45) is 25.4. The average molecular weight is 410 g/mol. The third kappa shape index (κ3) is 18.9. The van der Waals surface area contributed by atoms with E-state index in [2.05, 4.69) is 12.2 Å². The molecule has 0 aliphatic rings. The standard InChI is InChI=1S/C26H51NO2/c1-4-7-9-10-11-12-13-14-15-16-17-18-19-20-21-23-26(29)27-24(6-3)25(28)22-8-5-2/h8,22,24-25,28H,4-7,9-21,23H2,1-3H3,(H,27,29)/b22-8+. The van der Waals surface area contributed by atoms with Crippen molar-refractivity contribution in [1.29, 1.82) is 0 Å². The van der Waals surface area contributed by atoms with Gasteiger partial charge in [-0.25, -0.2) is 0 Å². The van der Waals surface area contributed by atoms with E-state index in [9.17, 15) is 9.90 Å². The zero-order chi connectivity index (χ0) is 21.6. The van der Waals surface area contributed by atoms with Crippen LogP contribution in [-0.4, -0.2) is 23.2 Å². The van der Waals surface area contributed by atoms with E-state index in [0.29, 0.717) is 6.42 Å². The van der Waals surface area contributed by atoms with Crippen molar-refractivity contribution in [3.05, 3.63) is 12.2 Å². The van der Waals surface area contributed by atoms with Crippen molar-refractivity contribution >= 4 is 5.91 Å². The third-order valence-corrected chi connectivity index (χ3v) is 5.77. The van der Waals surface area contributed by atoms with E-state index in [0.717, 1.165) is 25.7 Å². The summed E-state index contributed by atoms with van der Waals surface area (Å²) in [5.74, 6) is 0.0792. The Balaban J connectivity index is 3.45. The minimum atomic E-state index is -0.579. The quantitative estimate of drug-likeness (QED) is 0.152. The normalized spacial score (nSPS) is 13.7. The summed E-state index contributed by atoms with van der Waals surface area (Å²) in [7, 11) is 0. The SMILES string of the molecule is CC/C=C/C(O)C(CC)NC(=O)CCCCCCCCCCCCCCCCC. The highest BCUT2D eigenvalue weighted by molar-refractivity contribution is 5.76. The topological polar surface area (TPSA) is 49.3 Å². The van der Waals surface area contributed by atoms with Crippen LogP contribution in [0.15, 0.2) is 12.2 Å². The molecule has 0 aromatic rings. The molecule has 0 aliphatic carbocycles. The molecular formula is C26H51NO2. The largest absolute Gasteiger partial charge is 0.387 e. The summed E-state index contributed by atoms with van der Waals surface area (Å²) in [5.41, 5.74) is 0. The molecule has 0 bridgehead atoms. The van der Waals surface area contributed by atoms with Gasteiger partial charge in [0.25, 0.3) is 0 Å². The van der Waals surface area contributed by atoms with Crippen LogP contribution >= 0.6 is 0 Å². The van der Waals surface area contributed by atoms with Crippen LogP contribution < -0.4 is 5.32 Å². The number of rotatable bonds is 21. The van der Waals surface area contributed by atoms with Crippen LogP contribution in [0.2, 0.25) is 0 Å². The summed E-state index contributed by atoms with van der Waals surface area (Å²) < 4.78 is 0. The Hall–Kier alpha value is -0.830. The zero-order valence-electron chi connectivity index (χ0n) is 19.9. The maximum atomic E-state index is 12.1. The van der Waals surface area contributed by atoms with E-state index in [1.807, 2.05) is 19.9 Å². The van der Waals surface area contributed by atoms with Crippen molar-refractivity contribution in [3.63, 3.8) is 0 Å². The van der Waals surface area contributed by atoms with Crippen molar-refractivity contribution in [2.75, 3.05) is 0 Å². The van der Waals surface area contributed by atoms with Crippen molar-refractivity contribution in [3.8, 4) is 0 Å². The first-order chi connectivity index (χ1) is 14.2. The summed E-state index contributed by atoms with van der Waals surface area (Å²) in [6.45, 7) is 6.32. The molecule has 0 rings (SSSR count). The van der Waals surface area contributed by atoms with Gasteiger partial charge in [0, 0.05) is 6.42 Å². The van der Waals surface area contributed by atoms with Gasteiger partial charge in [0.2, 0.25) is 5.91 Å². The lowest BCUT2D eigenvalue weighted by molar-refractivity contribution is -0.122. The molecule has 2 unspecified atom stereocenters. The van der Waals surface area contributed by atoms with Gasteiger partial charge in [-0.2, -0.15) is 0 Å². The highest BCUT2D eigenvalue weighted by atomic mass is 16.3. The van der Waals surface area contributed by atoms with E-state index in [1.165, 1.54) is 83.5 Å². The fraction of sp³-hybridized carbons (Fsp3) is 0.885. The van der Waals surface area contributed by atoms with Gasteiger partial charge in [-0.3, -0.25) is 4.79 Å². The summed E-state index contributed by atoms with van der Waals surface area (Å²) in [6, 6.07) is -0.165. The lowest BCUT2D eigenvalue weighted by atomic mass is 10.0. The molecule has 29 heavy (non-hydrogen) atoms. The molecule has 0 spiro atoms.